The van der Waals surface area contributed by atoms with Crippen LogP contribution in [0.4, 0.5) is 16.0 Å². The van der Waals surface area contributed by atoms with E-state index in [1.165, 1.54) is 6.08 Å². The van der Waals surface area contributed by atoms with Gasteiger partial charge >= 0.3 is 0 Å². The van der Waals surface area contributed by atoms with Gasteiger partial charge in [-0.15, -0.1) is 5.10 Å². The van der Waals surface area contributed by atoms with E-state index in [4.69, 9.17) is 5.26 Å². The normalized spacial score (nSPS) is 18.5. The van der Waals surface area contributed by atoms with E-state index in [1.807, 2.05) is 24.3 Å². The first-order valence-electron chi connectivity index (χ1n) is 10.9. The van der Waals surface area contributed by atoms with Crippen LogP contribution in [0.3, 0.4) is 0 Å². The molecule has 0 bridgehead atoms. The molecule has 2 aromatic heterocycles. The van der Waals surface area contributed by atoms with E-state index in [1.54, 1.807) is 18.3 Å². The van der Waals surface area contributed by atoms with Crippen molar-refractivity contribution in [1.82, 2.24) is 15.2 Å². The third kappa shape index (κ3) is 4.04. The smallest absolute Gasteiger partial charge is 0.159 e. The average Bonchev–Trinajstić information content (AvgIpc) is 2.85. The summed E-state index contributed by atoms with van der Waals surface area (Å²) in [5.41, 5.74) is 1.48. The lowest BCUT2D eigenvalue weighted by atomic mass is 9.93. The zero-order valence-electron chi connectivity index (χ0n) is 17.7. The number of halogens is 1. The van der Waals surface area contributed by atoms with Gasteiger partial charge in [-0.3, -0.25) is 0 Å². The summed E-state index contributed by atoms with van der Waals surface area (Å²) in [6.07, 6.45) is 8.19. The number of allylic oxidation sites excluding steroid dienone is 4. The van der Waals surface area contributed by atoms with Crippen LogP contribution in [0.5, 0.6) is 0 Å². The molecule has 1 aliphatic carbocycles. The fraction of sp³-hybridized carbons (Fsp3) is 0.280. The minimum absolute atomic E-state index is 0.104. The molecule has 160 valence electrons. The summed E-state index contributed by atoms with van der Waals surface area (Å²) in [6.45, 7) is 3.24. The number of pyridine rings is 1. The van der Waals surface area contributed by atoms with Gasteiger partial charge in [-0.2, -0.15) is 10.4 Å². The number of hydrogen-bond acceptors (Lipinski definition) is 6. The Hall–Kier alpha value is -3.79. The molecular formula is C25H23FN6. The standard InChI is InChI=1S/C25H23FN6/c26-20-5-3-4-18(14-20)15-23-21-6-1-2-7-22(21)25(30-29-23)32-12-10-31(11-13-32)24-9-8-19(16-27)17-28-24/h1-3,5-9,14,17-18H,4,10-13,15H2. The fourth-order valence-corrected chi connectivity index (χ4v) is 4.41. The van der Waals surface area contributed by atoms with E-state index in [0.717, 1.165) is 60.7 Å². The summed E-state index contributed by atoms with van der Waals surface area (Å²) in [5.74, 6) is 1.70. The first-order chi connectivity index (χ1) is 15.7. The molecule has 0 radical (unpaired) electrons. The van der Waals surface area contributed by atoms with E-state index in [-0.39, 0.29) is 11.7 Å². The van der Waals surface area contributed by atoms with Crippen LogP contribution in [0.2, 0.25) is 0 Å². The van der Waals surface area contributed by atoms with Gasteiger partial charge in [0.15, 0.2) is 5.82 Å². The number of piperazine rings is 1. The Morgan fingerprint density at radius 3 is 2.50 bits per heavy atom. The van der Waals surface area contributed by atoms with Crippen LogP contribution >= 0.6 is 0 Å². The third-order valence-corrected chi connectivity index (χ3v) is 6.09. The molecule has 0 amide bonds. The fourth-order valence-electron chi connectivity index (χ4n) is 4.41. The number of nitrogens with zero attached hydrogens (tertiary/aromatic N) is 6. The second kappa shape index (κ2) is 8.75. The molecule has 3 heterocycles. The van der Waals surface area contributed by atoms with Gasteiger partial charge in [-0.25, -0.2) is 9.37 Å². The minimum atomic E-state index is -0.176. The molecular weight excluding hydrogens is 403 g/mol. The van der Waals surface area contributed by atoms with Gasteiger partial charge in [0.1, 0.15) is 17.7 Å². The lowest BCUT2D eigenvalue weighted by molar-refractivity contribution is 0.580. The summed E-state index contributed by atoms with van der Waals surface area (Å²) < 4.78 is 13.7. The highest BCUT2D eigenvalue weighted by molar-refractivity contribution is 5.93. The van der Waals surface area contributed by atoms with Crippen molar-refractivity contribution in [3.8, 4) is 6.07 Å². The zero-order valence-corrected chi connectivity index (χ0v) is 17.7. The van der Waals surface area contributed by atoms with E-state index >= 15 is 0 Å². The number of rotatable bonds is 4. The predicted molar refractivity (Wildman–Crippen MR) is 123 cm³/mol. The number of nitriles is 1. The largest absolute Gasteiger partial charge is 0.353 e. The molecule has 5 rings (SSSR count). The van der Waals surface area contributed by atoms with Crippen LogP contribution in [0, 0.1) is 17.2 Å². The Kier molecular flexibility index (Phi) is 5.51. The number of fused-ring (bicyclic) bond motifs is 1. The van der Waals surface area contributed by atoms with Crippen LogP contribution < -0.4 is 9.80 Å². The van der Waals surface area contributed by atoms with E-state index in [9.17, 15) is 4.39 Å². The molecule has 3 aromatic rings. The Morgan fingerprint density at radius 2 is 1.78 bits per heavy atom. The molecule has 0 N–H and O–H groups in total. The summed E-state index contributed by atoms with van der Waals surface area (Å²) in [5, 5.41) is 20.3. The average molecular weight is 426 g/mol. The van der Waals surface area contributed by atoms with Crippen LogP contribution in [0.15, 0.2) is 66.6 Å². The zero-order chi connectivity index (χ0) is 21.9. The molecule has 0 saturated carbocycles. The number of anilines is 2. The number of hydrogen-bond donors (Lipinski definition) is 0. The molecule has 7 heteroatoms. The van der Waals surface area contributed by atoms with E-state index in [0.29, 0.717) is 12.0 Å². The lowest BCUT2D eigenvalue weighted by Gasteiger charge is -2.36. The minimum Gasteiger partial charge on any atom is -0.353 e. The summed E-state index contributed by atoms with van der Waals surface area (Å²) in [6, 6.07) is 14.0. The van der Waals surface area contributed by atoms with Gasteiger partial charge in [0.25, 0.3) is 0 Å². The molecule has 1 aliphatic heterocycles. The summed E-state index contributed by atoms with van der Waals surface area (Å²) in [7, 11) is 0. The molecule has 32 heavy (non-hydrogen) atoms. The molecule has 1 atom stereocenters. The summed E-state index contributed by atoms with van der Waals surface area (Å²) in [4.78, 5) is 8.90. The topological polar surface area (TPSA) is 68.9 Å². The first kappa shape index (κ1) is 20.1. The van der Waals surface area contributed by atoms with Gasteiger partial charge in [0.05, 0.1) is 11.3 Å². The van der Waals surface area contributed by atoms with Crippen molar-refractivity contribution in [1.29, 1.82) is 5.26 Å². The maximum absolute atomic E-state index is 13.7. The highest BCUT2D eigenvalue weighted by Crippen LogP contribution is 2.30. The highest BCUT2D eigenvalue weighted by atomic mass is 19.1. The van der Waals surface area contributed by atoms with Crippen LogP contribution in [0.25, 0.3) is 10.8 Å². The SMILES string of the molecule is N#Cc1ccc(N2CCN(c3nnc(CC4C=C(F)C=CC4)c4ccccc34)CC2)nc1. The molecule has 0 spiro atoms. The van der Waals surface area contributed by atoms with Crippen LogP contribution in [-0.4, -0.2) is 41.4 Å². The van der Waals surface area contributed by atoms with E-state index in [2.05, 4.69) is 43.2 Å². The molecule has 1 unspecified atom stereocenters. The van der Waals surface area contributed by atoms with E-state index < -0.39 is 0 Å². The van der Waals surface area contributed by atoms with Crippen molar-refractivity contribution < 1.29 is 4.39 Å². The lowest BCUT2D eigenvalue weighted by Crippen LogP contribution is -2.47. The van der Waals surface area contributed by atoms with Gasteiger partial charge in [0, 0.05) is 43.1 Å². The van der Waals surface area contributed by atoms with Crippen molar-refractivity contribution in [2.75, 3.05) is 36.0 Å². The Morgan fingerprint density at radius 1 is 1.00 bits per heavy atom. The monoisotopic (exact) mass is 426 g/mol. The second-order valence-electron chi connectivity index (χ2n) is 8.16. The van der Waals surface area contributed by atoms with Crippen LogP contribution in [0.1, 0.15) is 17.7 Å². The second-order valence-corrected chi connectivity index (χ2v) is 8.16. The van der Waals surface area contributed by atoms with Gasteiger partial charge in [-0.1, -0.05) is 30.3 Å². The van der Waals surface area contributed by atoms with Crippen molar-refractivity contribution in [3.05, 3.63) is 77.9 Å². The molecule has 1 fully saturated rings. The Bertz CT molecular complexity index is 1220. The molecule has 1 saturated heterocycles. The quantitative estimate of drug-likeness (QED) is 0.623. The van der Waals surface area contributed by atoms with Gasteiger partial charge in [0.2, 0.25) is 0 Å². The number of benzene rings is 1. The van der Waals surface area contributed by atoms with Gasteiger partial charge in [-0.05, 0) is 43.0 Å². The molecule has 6 nitrogen and oxygen atoms in total. The third-order valence-electron chi connectivity index (χ3n) is 6.09. The van der Waals surface area contributed by atoms with Gasteiger partial charge < -0.3 is 9.80 Å². The highest BCUT2D eigenvalue weighted by Gasteiger charge is 2.22. The summed E-state index contributed by atoms with van der Waals surface area (Å²) >= 11 is 0. The first-order valence-corrected chi connectivity index (χ1v) is 10.9. The number of aromatic nitrogens is 3. The predicted octanol–water partition coefficient (Wildman–Crippen LogP) is 4.20. The maximum Gasteiger partial charge on any atom is 0.159 e. The van der Waals surface area contributed by atoms with Crippen molar-refractivity contribution >= 4 is 22.4 Å². The Balaban J connectivity index is 1.35. The maximum atomic E-state index is 13.7. The Labute approximate surface area is 186 Å². The van der Waals surface area contributed by atoms with Crippen molar-refractivity contribution in [2.24, 2.45) is 5.92 Å². The van der Waals surface area contributed by atoms with Crippen molar-refractivity contribution in [3.63, 3.8) is 0 Å². The van der Waals surface area contributed by atoms with Crippen LogP contribution in [-0.2, 0) is 6.42 Å². The molecule has 1 aromatic carbocycles. The van der Waals surface area contributed by atoms with Crippen molar-refractivity contribution in [2.45, 2.75) is 12.8 Å². The molecule has 2 aliphatic rings.